The summed E-state index contributed by atoms with van der Waals surface area (Å²) >= 11 is 0. The standard InChI is InChI=1S/C11H18F4O7/c1-17-7-19-3-5-21-9(16)10(12,11(13,14)15)22-6-4-20-8-18-2/h3-8H2,1-2H3. The Kier molecular flexibility index (Phi) is 10.2. The molecule has 132 valence electrons. The van der Waals surface area contributed by atoms with Gasteiger partial charge >= 0.3 is 18.0 Å². The molecule has 0 N–H and O–H groups in total. The lowest BCUT2D eigenvalue weighted by atomic mass is 10.3. The van der Waals surface area contributed by atoms with Crippen molar-refractivity contribution in [1.29, 1.82) is 0 Å². The lowest BCUT2D eigenvalue weighted by molar-refractivity contribution is -0.326. The zero-order chi connectivity index (χ0) is 17.1. The van der Waals surface area contributed by atoms with E-state index >= 15 is 0 Å². The van der Waals surface area contributed by atoms with Gasteiger partial charge in [0.1, 0.15) is 20.2 Å². The third-order valence-electron chi connectivity index (χ3n) is 2.02. The molecular weight excluding hydrogens is 320 g/mol. The maximum atomic E-state index is 13.8. The Balaban J connectivity index is 4.38. The molecular formula is C11H18F4O7. The number of alkyl halides is 4. The molecule has 0 aromatic rings. The maximum Gasteiger partial charge on any atom is 0.460 e. The molecule has 11 heteroatoms. The van der Waals surface area contributed by atoms with E-state index in [4.69, 9.17) is 0 Å². The Morgan fingerprint density at radius 3 is 1.82 bits per heavy atom. The Labute approximate surface area is 124 Å². The van der Waals surface area contributed by atoms with Gasteiger partial charge in [-0.1, -0.05) is 0 Å². The maximum absolute atomic E-state index is 13.8. The first-order valence-corrected chi connectivity index (χ1v) is 5.99. The lowest BCUT2D eigenvalue weighted by Gasteiger charge is -2.25. The van der Waals surface area contributed by atoms with Gasteiger partial charge in [0, 0.05) is 14.2 Å². The van der Waals surface area contributed by atoms with Crippen LogP contribution in [-0.2, 0) is 33.2 Å². The van der Waals surface area contributed by atoms with Gasteiger partial charge in [0.05, 0.1) is 19.8 Å². The van der Waals surface area contributed by atoms with E-state index in [2.05, 4.69) is 28.4 Å². The minimum absolute atomic E-state index is 0.148. The highest BCUT2D eigenvalue weighted by Gasteiger charge is 2.65. The zero-order valence-corrected chi connectivity index (χ0v) is 12.1. The molecule has 0 aliphatic rings. The molecule has 0 aromatic carbocycles. The van der Waals surface area contributed by atoms with Gasteiger partial charge in [0.15, 0.2) is 0 Å². The normalized spacial score (nSPS) is 14.6. The van der Waals surface area contributed by atoms with Crippen molar-refractivity contribution in [3.63, 3.8) is 0 Å². The third kappa shape index (κ3) is 7.31. The van der Waals surface area contributed by atoms with Crippen LogP contribution in [0.15, 0.2) is 0 Å². The highest BCUT2D eigenvalue weighted by Crippen LogP contribution is 2.36. The van der Waals surface area contributed by atoms with Gasteiger partial charge in [-0.3, -0.25) is 0 Å². The number of esters is 1. The van der Waals surface area contributed by atoms with Crippen LogP contribution in [0.2, 0.25) is 0 Å². The SMILES string of the molecule is COCOCCOC(=O)C(F)(OCCOCOC)C(F)(F)F. The first-order valence-electron chi connectivity index (χ1n) is 5.99. The first kappa shape index (κ1) is 21.0. The smallest absolute Gasteiger partial charge is 0.459 e. The van der Waals surface area contributed by atoms with Gasteiger partial charge in [-0.2, -0.15) is 17.6 Å². The molecule has 0 bridgehead atoms. The molecule has 0 saturated carbocycles. The molecule has 0 spiro atoms. The van der Waals surface area contributed by atoms with Crippen LogP contribution in [0, 0.1) is 0 Å². The van der Waals surface area contributed by atoms with Crippen LogP contribution in [0.3, 0.4) is 0 Å². The van der Waals surface area contributed by atoms with Crippen LogP contribution in [0.1, 0.15) is 0 Å². The van der Waals surface area contributed by atoms with Crippen LogP contribution in [-0.4, -0.2) is 72.2 Å². The summed E-state index contributed by atoms with van der Waals surface area (Å²) in [4.78, 5) is 11.3. The van der Waals surface area contributed by atoms with E-state index in [9.17, 15) is 22.4 Å². The number of hydrogen-bond acceptors (Lipinski definition) is 7. The molecule has 0 aliphatic carbocycles. The van der Waals surface area contributed by atoms with Crippen molar-refractivity contribution in [1.82, 2.24) is 0 Å². The van der Waals surface area contributed by atoms with E-state index in [-0.39, 0.29) is 20.2 Å². The largest absolute Gasteiger partial charge is 0.460 e. The summed E-state index contributed by atoms with van der Waals surface area (Å²) in [6.45, 7) is -2.44. The average molecular weight is 338 g/mol. The average Bonchev–Trinajstić information content (AvgIpc) is 2.45. The number of carbonyl (C=O) groups is 1. The Morgan fingerprint density at radius 1 is 0.864 bits per heavy atom. The van der Waals surface area contributed by atoms with Gasteiger partial charge in [0.2, 0.25) is 0 Å². The van der Waals surface area contributed by atoms with E-state index in [1.54, 1.807) is 0 Å². The molecule has 0 rings (SSSR count). The molecule has 1 atom stereocenters. The predicted molar refractivity (Wildman–Crippen MR) is 62.5 cm³/mol. The molecule has 0 aromatic heterocycles. The fourth-order valence-electron chi connectivity index (χ4n) is 1.07. The fraction of sp³-hybridized carbons (Fsp3) is 0.909. The van der Waals surface area contributed by atoms with Crippen LogP contribution in [0.5, 0.6) is 0 Å². The number of methoxy groups -OCH3 is 2. The van der Waals surface area contributed by atoms with Crippen molar-refractivity contribution in [2.24, 2.45) is 0 Å². The van der Waals surface area contributed by atoms with E-state index in [0.29, 0.717) is 0 Å². The summed E-state index contributed by atoms with van der Waals surface area (Å²) in [5.41, 5.74) is 0. The monoisotopic (exact) mass is 338 g/mol. The molecule has 22 heavy (non-hydrogen) atoms. The Bertz CT molecular complexity index is 313. The lowest BCUT2D eigenvalue weighted by Crippen LogP contribution is -2.52. The molecule has 0 aliphatic heterocycles. The summed E-state index contributed by atoms with van der Waals surface area (Å²) in [6.07, 6.45) is -5.60. The summed E-state index contributed by atoms with van der Waals surface area (Å²) in [5.74, 6) is -6.79. The number of halogens is 4. The fourth-order valence-corrected chi connectivity index (χ4v) is 1.07. The van der Waals surface area contributed by atoms with E-state index in [1.165, 1.54) is 14.2 Å². The highest BCUT2D eigenvalue weighted by molar-refractivity contribution is 5.78. The van der Waals surface area contributed by atoms with Gasteiger partial charge in [-0.05, 0) is 0 Å². The zero-order valence-electron chi connectivity index (χ0n) is 12.1. The minimum atomic E-state index is -5.60. The Morgan fingerprint density at radius 2 is 1.36 bits per heavy atom. The van der Waals surface area contributed by atoms with Gasteiger partial charge in [0.25, 0.3) is 0 Å². The summed E-state index contributed by atoms with van der Waals surface area (Å²) in [6, 6.07) is 0. The van der Waals surface area contributed by atoms with Crippen LogP contribution >= 0.6 is 0 Å². The van der Waals surface area contributed by atoms with Crippen molar-refractivity contribution in [3.05, 3.63) is 0 Å². The minimum Gasteiger partial charge on any atom is -0.459 e. The summed E-state index contributed by atoms with van der Waals surface area (Å²) < 4.78 is 78.1. The first-order chi connectivity index (χ1) is 10.3. The number of carbonyl (C=O) groups excluding carboxylic acids is 1. The van der Waals surface area contributed by atoms with Gasteiger partial charge < -0.3 is 28.4 Å². The summed E-state index contributed by atoms with van der Waals surface area (Å²) in [5, 5.41) is 0. The van der Waals surface area contributed by atoms with Crippen molar-refractivity contribution < 1.29 is 50.8 Å². The quantitative estimate of drug-likeness (QED) is 0.228. The Hall–Kier alpha value is -1.01. The second-order valence-corrected chi connectivity index (χ2v) is 3.71. The van der Waals surface area contributed by atoms with Crippen molar-refractivity contribution in [2.75, 3.05) is 54.2 Å². The van der Waals surface area contributed by atoms with Gasteiger partial charge in [-0.25, -0.2) is 4.79 Å². The van der Waals surface area contributed by atoms with Crippen LogP contribution in [0.25, 0.3) is 0 Å². The van der Waals surface area contributed by atoms with Crippen molar-refractivity contribution in [3.8, 4) is 0 Å². The number of hydrogen-bond donors (Lipinski definition) is 0. The molecule has 0 radical (unpaired) electrons. The summed E-state index contributed by atoms with van der Waals surface area (Å²) in [7, 11) is 2.61. The van der Waals surface area contributed by atoms with Gasteiger partial charge in [-0.15, -0.1) is 0 Å². The van der Waals surface area contributed by atoms with E-state index < -0.39 is 37.8 Å². The van der Waals surface area contributed by atoms with Crippen LogP contribution in [0.4, 0.5) is 17.6 Å². The van der Waals surface area contributed by atoms with E-state index in [1.807, 2.05) is 0 Å². The number of rotatable bonds is 12. The molecule has 0 heterocycles. The third-order valence-corrected chi connectivity index (χ3v) is 2.02. The molecule has 0 amide bonds. The molecule has 0 fully saturated rings. The highest BCUT2D eigenvalue weighted by atomic mass is 19.4. The molecule has 0 saturated heterocycles. The topological polar surface area (TPSA) is 72.5 Å². The van der Waals surface area contributed by atoms with Crippen LogP contribution < -0.4 is 0 Å². The van der Waals surface area contributed by atoms with E-state index in [0.717, 1.165) is 0 Å². The van der Waals surface area contributed by atoms with Crippen molar-refractivity contribution >= 4 is 5.97 Å². The molecule has 1 unspecified atom stereocenters. The second-order valence-electron chi connectivity index (χ2n) is 3.71. The van der Waals surface area contributed by atoms with Crippen molar-refractivity contribution in [2.45, 2.75) is 12.0 Å². The molecule has 7 nitrogen and oxygen atoms in total. The number of ether oxygens (including phenoxy) is 6. The second kappa shape index (κ2) is 10.7. The predicted octanol–water partition coefficient (Wildman–Crippen LogP) is 1.02.